The van der Waals surface area contributed by atoms with Gasteiger partial charge >= 0.3 is 0 Å². The van der Waals surface area contributed by atoms with E-state index in [4.69, 9.17) is 4.74 Å². The third-order valence-electron chi connectivity index (χ3n) is 2.21. The van der Waals surface area contributed by atoms with Crippen molar-refractivity contribution in [3.63, 3.8) is 0 Å². The van der Waals surface area contributed by atoms with Crippen LogP contribution in [0.4, 0.5) is 5.82 Å². The van der Waals surface area contributed by atoms with E-state index in [9.17, 15) is 4.79 Å². The zero-order valence-corrected chi connectivity index (χ0v) is 7.99. The van der Waals surface area contributed by atoms with Crippen LogP contribution in [0.25, 0.3) is 0 Å². The topological polar surface area (TPSA) is 67.0 Å². The summed E-state index contributed by atoms with van der Waals surface area (Å²) in [4.78, 5) is 11.5. The average Bonchev–Trinajstić information content (AvgIpc) is 2.74. The Morgan fingerprint density at radius 2 is 2.71 bits per heavy atom. The van der Waals surface area contributed by atoms with Crippen molar-refractivity contribution in [3.8, 4) is 0 Å². The fourth-order valence-electron chi connectivity index (χ4n) is 1.40. The number of aromatic nitrogens is 2. The number of aromatic amines is 1. The number of H-pyrrole nitrogens is 1. The van der Waals surface area contributed by atoms with Crippen LogP contribution in [-0.4, -0.2) is 28.8 Å². The van der Waals surface area contributed by atoms with Crippen LogP contribution in [0.5, 0.6) is 0 Å². The zero-order valence-electron chi connectivity index (χ0n) is 7.99. The summed E-state index contributed by atoms with van der Waals surface area (Å²) < 4.78 is 5.32. The summed E-state index contributed by atoms with van der Waals surface area (Å²) in [5.41, 5.74) is 0. The summed E-state index contributed by atoms with van der Waals surface area (Å²) in [6.07, 6.45) is 2.54. The number of hydrogen-bond donors (Lipinski definition) is 2. The Morgan fingerprint density at radius 3 is 3.36 bits per heavy atom. The number of anilines is 1. The van der Waals surface area contributed by atoms with Gasteiger partial charge in [-0.05, 0) is 13.3 Å². The van der Waals surface area contributed by atoms with Crippen molar-refractivity contribution < 1.29 is 9.53 Å². The smallest absolute Gasteiger partial charge is 0.231 e. The largest absolute Gasteiger partial charge is 0.378 e. The van der Waals surface area contributed by atoms with E-state index in [1.807, 2.05) is 6.92 Å². The predicted molar refractivity (Wildman–Crippen MR) is 50.7 cm³/mol. The van der Waals surface area contributed by atoms with Crippen LogP contribution < -0.4 is 5.32 Å². The van der Waals surface area contributed by atoms with E-state index in [-0.39, 0.29) is 17.9 Å². The Kier molecular flexibility index (Phi) is 2.49. The molecule has 2 unspecified atom stereocenters. The zero-order chi connectivity index (χ0) is 9.97. The standard InChI is InChI=1S/C9H13N3O2/c1-2-14-7-5-6(7)9(13)11-8-3-4-10-12-8/h3-4,6-7H,2,5H2,1H3,(H2,10,11,12,13). The first-order valence-electron chi connectivity index (χ1n) is 4.73. The monoisotopic (exact) mass is 195 g/mol. The van der Waals surface area contributed by atoms with E-state index < -0.39 is 0 Å². The van der Waals surface area contributed by atoms with Gasteiger partial charge in [-0.3, -0.25) is 9.89 Å². The number of nitrogens with one attached hydrogen (secondary N) is 2. The molecule has 5 heteroatoms. The van der Waals surface area contributed by atoms with E-state index in [0.29, 0.717) is 12.4 Å². The van der Waals surface area contributed by atoms with Crippen LogP contribution in [0.15, 0.2) is 12.3 Å². The second kappa shape index (κ2) is 3.79. The van der Waals surface area contributed by atoms with Crippen LogP contribution in [0, 0.1) is 5.92 Å². The van der Waals surface area contributed by atoms with Crippen molar-refractivity contribution >= 4 is 11.7 Å². The second-order valence-corrected chi connectivity index (χ2v) is 3.30. The van der Waals surface area contributed by atoms with Crippen molar-refractivity contribution in [3.05, 3.63) is 12.3 Å². The molecule has 0 radical (unpaired) electrons. The molecule has 1 aliphatic rings. The van der Waals surface area contributed by atoms with Gasteiger partial charge in [-0.1, -0.05) is 0 Å². The molecular formula is C9H13N3O2. The molecule has 0 bridgehead atoms. The molecule has 14 heavy (non-hydrogen) atoms. The summed E-state index contributed by atoms with van der Waals surface area (Å²) in [6.45, 7) is 2.60. The molecule has 5 nitrogen and oxygen atoms in total. The first-order chi connectivity index (χ1) is 6.81. The molecule has 0 aromatic carbocycles. The Balaban J connectivity index is 1.81. The molecule has 0 saturated heterocycles. The lowest BCUT2D eigenvalue weighted by atomic mass is 10.4. The van der Waals surface area contributed by atoms with Gasteiger partial charge in [0, 0.05) is 12.7 Å². The molecule has 0 aliphatic heterocycles. The van der Waals surface area contributed by atoms with Gasteiger partial charge in [0.15, 0.2) is 0 Å². The Bertz CT molecular complexity index is 310. The van der Waals surface area contributed by atoms with Crippen molar-refractivity contribution in [1.29, 1.82) is 0 Å². The normalized spacial score (nSPS) is 24.6. The summed E-state index contributed by atoms with van der Waals surface area (Å²) in [5, 5.41) is 9.15. The highest BCUT2D eigenvalue weighted by atomic mass is 16.5. The van der Waals surface area contributed by atoms with Gasteiger partial charge in [0.25, 0.3) is 0 Å². The maximum atomic E-state index is 11.5. The van der Waals surface area contributed by atoms with Crippen LogP contribution in [0.3, 0.4) is 0 Å². The van der Waals surface area contributed by atoms with Gasteiger partial charge in [-0.15, -0.1) is 0 Å². The lowest BCUT2D eigenvalue weighted by Gasteiger charge is -2.01. The van der Waals surface area contributed by atoms with Gasteiger partial charge in [-0.2, -0.15) is 5.10 Å². The lowest BCUT2D eigenvalue weighted by Crippen LogP contribution is -2.16. The maximum absolute atomic E-state index is 11.5. The van der Waals surface area contributed by atoms with Crippen LogP contribution in [-0.2, 0) is 9.53 Å². The Labute approximate surface area is 81.8 Å². The Morgan fingerprint density at radius 1 is 1.86 bits per heavy atom. The highest BCUT2D eigenvalue weighted by molar-refractivity contribution is 5.93. The predicted octanol–water partition coefficient (Wildman–Crippen LogP) is 0.773. The van der Waals surface area contributed by atoms with Crippen molar-refractivity contribution in [2.75, 3.05) is 11.9 Å². The highest BCUT2D eigenvalue weighted by Gasteiger charge is 2.43. The minimum Gasteiger partial charge on any atom is -0.378 e. The number of hydrogen-bond acceptors (Lipinski definition) is 3. The lowest BCUT2D eigenvalue weighted by molar-refractivity contribution is -0.118. The molecule has 76 valence electrons. The second-order valence-electron chi connectivity index (χ2n) is 3.30. The fourth-order valence-corrected chi connectivity index (χ4v) is 1.40. The van der Waals surface area contributed by atoms with E-state index in [1.54, 1.807) is 12.3 Å². The number of amides is 1. The molecule has 1 aromatic heterocycles. The molecular weight excluding hydrogens is 182 g/mol. The summed E-state index contributed by atoms with van der Waals surface area (Å²) in [6, 6.07) is 1.72. The minimum atomic E-state index is 0.00713. The van der Waals surface area contributed by atoms with E-state index in [1.165, 1.54) is 0 Å². The van der Waals surface area contributed by atoms with E-state index in [0.717, 1.165) is 6.42 Å². The van der Waals surface area contributed by atoms with Crippen molar-refractivity contribution in [1.82, 2.24) is 10.2 Å². The molecule has 2 rings (SSSR count). The quantitative estimate of drug-likeness (QED) is 0.745. The average molecular weight is 195 g/mol. The summed E-state index contributed by atoms with van der Waals surface area (Å²) in [5.74, 6) is 0.656. The van der Waals surface area contributed by atoms with Crippen LogP contribution in [0.1, 0.15) is 13.3 Å². The number of nitrogens with zero attached hydrogens (tertiary/aromatic N) is 1. The van der Waals surface area contributed by atoms with Gasteiger partial charge in [0.1, 0.15) is 5.82 Å². The van der Waals surface area contributed by atoms with Gasteiger partial charge < -0.3 is 10.1 Å². The third-order valence-corrected chi connectivity index (χ3v) is 2.21. The minimum absolute atomic E-state index is 0.00713. The molecule has 2 N–H and O–H groups in total. The highest BCUT2D eigenvalue weighted by Crippen LogP contribution is 2.34. The van der Waals surface area contributed by atoms with Crippen molar-refractivity contribution in [2.45, 2.75) is 19.4 Å². The number of rotatable bonds is 4. The first kappa shape index (κ1) is 9.21. The molecule has 1 aliphatic carbocycles. The molecule has 1 saturated carbocycles. The van der Waals surface area contributed by atoms with E-state index >= 15 is 0 Å². The van der Waals surface area contributed by atoms with E-state index in [2.05, 4.69) is 15.5 Å². The van der Waals surface area contributed by atoms with Crippen molar-refractivity contribution in [2.24, 2.45) is 5.92 Å². The maximum Gasteiger partial charge on any atom is 0.231 e. The number of ether oxygens (including phenoxy) is 1. The Hall–Kier alpha value is -1.36. The van der Waals surface area contributed by atoms with Crippen LogP contribution >= 0.6 is 0 Å². The molecule has 1 aromatic rings. The van der Waals surface area contributed by atoms with Crippen LogP contribution in [0.2, 0.25) is 0 Å². The SMILES string of the molecule is CCOC1CC1C(=O)Nc1ccn[nH]1. The third kappa shape index (κ3) is 1.93. The molecule has 0 spiro atoms. The van der Waals surface area contributed by atoms with Gasteiger partial charge in [0.05, 0.1) is 18.2 Å². The molecule has 1 amide bonds. The summed E-state index contributed by atoms with van der Waals surface area (Å²) in [7, 11) is 0. The summed E-state index contributed by atoms with van der Waals surface area (Å²) >= 11 is 0. The molecule has 1 heterocycles. The fraction of sp³-hybridized carbons (Fsp3) is 0.556. The first-order valence-corrected chi connectivity index (χ1v) is 4.73. The number of carbonyl (C=O) groups excluding carboxylic acids is 1. The van der Waals surface area contributed by atoms with Gasteiger partial charge in [0.2, 0.25) is 5.91 Å². The molecule has 2 atom stereocenters. The number of carbonyl (C=O) groups is 1. The molecule has 1 fully saturated rings. The van der Waals surface area contributed by atoms with Gasteiger partial charge in [-0.25, -0.2) is 0 Å².